The first-order valence-corrected chi connectivity index (χ1v) is 26.7. The van der Waals surface area contributed by atoms with Gasteiger partial charge in [0.2, 0.25) is 0 Å². The summed E-state index contributed by atoms with van der Waals surface area (Å²) in [6.07, 6.45) is 12.3. The van der Waals surface area contributed by atoms with Crippen LogP contribution < -0.4 is 15.7 Å². The van der Waals surface area contributed by atoms with E-state index in [-0.39, 0.29) is 17.7 Å². The van der Waals surface area contributed by atoms with Crippen LogP contribution in [-0.4, -0.2) is 11.4 Å². The second-order valence-corrected chi connectivity index (χ2v) is 23.3. The molecule has 3 aromatic heterocycles. The maximum absolute atomic E-state index is 7.25. The summed E-state index contributed by atoms with van der Waals surface area (Å²) < 4.78 is 16.9. The number of hydrogen-bond donors (Lipinski definition) is 0. The summed E-state index contributed by atoms with van der Waals surface area (Å²) in [5.74, 6) is 1.44. The quantitative estimate of drug-likeness (QED) is 0.130. The second-order valence-electron chi connectivity index (χ2n) is 23.3. The van der Waals surface area contributed by atoms with Crippen LogP contribution in [0.5, 0.6) is 0 Å². The number of benzene rings is 9. The number of furan rings is 2. The highest BCUT2D eigenvalue weighted by molar-refractivity contribution is 6.94. The average molecular weight is 937 g/mol. The van der Waals surface area contributed by atoms with Crippen molar-refractivity contribution in [1.82, 2.24) is 4.57 Å². The minimum atomic E-state index is -0.186. The lowest BCUT2D eigenvalue weighted by molar-refractivity contribution is 0.407. The molecule has 2 fully saturated rings. The Morgan fingerprint density at radius 1 is 0.521 bits per heavy atom. The molecule has 0 amide bonds. The number of allylic oxidation sites excluding steroid dienone is 4. The molecular formula is C68H49BN2O2. The van der Waals surface area contributed by atoms with E-state index in [1.54, 1.807) is 11.1 Å². The van der Waals surface area contributed by atoms with Gasteiger partial charge in [0.1, 0.15) is 22.3 Å². The Balaban J connectivity index is 0.990. The highest BCUT2D eigenvalue weighted by Gasteiger charge is 2.49. The molecule has 0 bridgehead atoms. The van der Waals surface area contributed by atoms with E-state index in [1.807, 2.05) is 0 Å². The van der Waals surface area contributed by atoms with Crippen molar-refractivity contribution in [2.45, 2.75) is 63.2 Å². The fourth-order valence-corrected chi connectivity index (χ4v) is 14.9. The van der Waals surface area contributed by atoms with Crippen molar-refractivity contribution in [2.24, 2.45) is 11.8 Å². The fraction of sp³-hybridized carbons (Fsp3) is 0.176. The lowest BCUT2D eigenvalue weighted by Gasteiger charge is -2.42. The van der Waals surface area contributed by atoms with Crippen molar-refractivity contribution >= 4 is 106 Å². The summed E-state index contributed by atoms with van der Waals surface area (Å²) in [5.41, 5.74) is 23.5. The van der Waals surface area contributed by atoms with Gasteiger partial charge in [0.15, 0.2) is 0 Å². The van der Waals surface area contributed by atoms with Gasteiger partial charge in [-0.15, -0.1) is 0 Å². The third kappa shape index (κ3) is 5.32. The summed E-state index contributed by atoms with van der Waals surface area (Å²) >= 11 is 0. The summed E-state index contributed by atoms with van der Waals surface area (Å²) in [7, 11) is 0. The van der Waals surface area contributed by atoms with Gasteiger partial charge in [-0.25, -0.2) is 0 Å². The smallest absolute Gasteiger partial charge is 0.333 e. The Morgan fingerprint density at radius 2 is 1.21 bits per heavy atom. The molecule has 4 nitrogen and oxygen atoms in total. The number of rotatable bonds is 4. The topological polar surface area (TPSA) is 34.5 Å². The Morgan fingerprint density at radius 3 is 2.00 bits per heavy atom. The molecule has 4 aliphatic carbocycles. The molecule has 0 saturated heterocycles. The highest BCUT2D eigenvalue weighted by atomic mass is 16.3. The summed E-state index contributed by atoms with van der Waals surface area (Å²) in [5, 5.41) is 9.64. The second kappa shape index (κ2) is 13.5. The van der Waals surface area contributed by atoms with Gasteiger partial charge in [-0.05, 0) is 166 Å². The standard InChI is InChI=1S/C68H49BN2O2/c1-67(24-22-42-26-44(42)36-67)46-18-21-57-50(30-46)53-31-47(68(2)25-23-43-27-45(43)37-68)32-56-65(53)70(57)59-34-54-49-14-8-9-15-60(49)73-66(54)63-55-33-52-51-28-40-12-6-7-13-41(40)29-61(51)72-62(52)35-58(55)71(69(56)64(59)63)48-19-16-39(17-20-48)38-10-4-3-5-11-38/h3-23,28-35,44-45H,24-27,36-37H2,1-2H3. The van der Waals surface area contributed by atoms with Crippen molar-refractivity contribution in [3.63, 3.8) is 0 Å². The summed E-state index contributed by atoms with van der Waals surface area (Å²) in [6.45, 7) is 4.89. The molecule has 4 unspecified atom stereocenters. The van der Waals surface area contributed by atoms with Crippen LogP contribution in [0.2, 0.25) is 0 Å². The average Bonchev–Trinajstić information content (AvgIpc) is 4.28. The maximum Gasteiger partial charge on any atom is 0.333 e. The van der Waals surface area contributed by atoms with Crippen molar-refractivity contribution < 1.29 is 8.83 Å². The molecular weight excluding hydrogens is 888 g/mol. The molecule has 4 atom stereocenters. The van der Waals surface area contributed by atoms with Gasteiger partial charge >= 0.3 is 6.85 Å². The molecule has 0 N–H and O–H groups in total. The van der Waals surface area contributed by atoms with E-state index < -0.39 is 0 Å². The number of aromatic nitrogens is 1. The van der Waals surface area contributed by atoms with E-state index in [9.17, 15) is 0 Å². The number of para-hydroxylation sites is 1. The first-order valence-electron chi connectivity index (χ1n) is 26.7. The zero-order valence-electron chi connectivity index (χ0n) is 40.9. The minimum absolute atomic E-state index is 0.00836. The zero-order chi connectivity index (χ0) is 47.6. The fourth-order valence-electron chi connectivity index (χ4n) is 14.9. The van der Waals surface area contributed by atoms with Gasteiger partial charge in [0, 0.05) is 66.6 Å². The molecule has 9 aromatic carbocycles. The van der Waals surface area contributed by atoms with Crippen molar-refractivity contribution in [2.75, 3.05) is 4.81 Å². The van der Waals surface area contributed by atoms with Crippen LogP contribution in [0.1, 0.15) is 63.5 Å². The van der Waals surface area contributed by atoms with Crippen LogP contribution in [0.15, 0.2) is 196 Å². The van der Waals surface area contributed by atoms with E-state index in [2.05, 4.69) is 199 Å². The maximum atomic E-state index is 7.25. The molecule has 346 valence electrons. The van der Waals surface area contributed by atoms with Crippen LogP contribution >= 0.6 is 0 Å². The molecule has 5 heterocycles. The number of anilines is 2. The number of fused-ring (bicyclic) bond motifs is 17. The van der Waals surface area contributed by atoms with E-state index in [0.29, 0.717) is 5.92 Å². The zero-order valence-corrected chi connectivity index (χ0v) is 40.9. The van der Waals surface area contributed by atoms with Crippen LogP contribution in [0.3, 0.4) is 0 Å². The van der Waals surface area contributed by atoms with E-state index in [1.165, 1.54) is 103 Å². The predicted octanol–water partition coefficient (Wildman–Crippen LogP) is 16.6. The van der Waals surface area contributed by atoms with E-state index in [0.717, 1.165) is 79.6 Å². The largest absolute Gasteiger partial charge is 0.456 e. The Hall–Kier alpha value is -8.02. The monoisotopic (exact) mass is 936 g/mol. The van der Waals surface area contributed by atoms with Crippen LogP contribution in [0.4, 0.5) is 11.4 Å². The van der Waals surface area contributed by atoms with Gasteiger partial charge in [-0.3, -0.25) is 0 Å². The van der Waals surface area contributed by atoms with Crippen LogP contribution in [-0.2, 0) is 10.8 Å². The molecule has 6 aliphatic rings. The first-order chi connectivity index (χ1) is 35.8. The molecule has 73 heavy (non-hydrogen) atoms. The number of nitrogens with zero attached hydrogens (tertiary/aromatic N) is 2. The summed E-state index contributed by atoms with van der Waals surface area (Å²) in [6, 6.07) is 62.1. The van der Waals surface area contributed by atoms with Crippen molar-refractivity contribution in [1.29, 1.82) is 0 Å². The molecule has 0 radical (unpaired) electrons. The van der Waals surface area contributed by atoms with E-state index in [4.69, 9.17) is 8.83 Å². The molecule has 12 aromatic rings. The van der Waals surface area contributed by atoms with Crippen molar-refractivity contribution in [3.05, 3.63) is 198 Å². The van der Waals surface area contributed by atoms with Gasteiger partial charge < -0.3 is 18.2 Å². The molecule has 2 saturated carbocycles. The highest BCUT2D eigenvalue weighted by Crippen LogP contribution is 2.56. The molecule has 5 heteroatoms. The van der Waals surface area contributed by atoms with Gasteiger partial charge in [-0.1, -0.05) is 134 Å². The van der Waals surface area contributed by atoms with Gasteiger partial charge in [0.05, 0.1) is 11.0 Å². The molecule has 2 aliphatic heterocycles. The Kier molecular flexibility index (Phi) is 7.33. The molecule has 18 rings (SSSR count). The van der Waals surface area contributed by atoms with Crippen LogP contribution in [0.25, 0.3) is 104 Å². The third-order valence-electron chi connectivity index (χ3n) is 19.0. The molecule has 0 spiro atoms. The lowest BCUT2D eigenvalue weighted by atomic mass is 9.43. The first kappa shape index (κ1) is 39.6. The minimum Gasteiger partial charge on any atom is -0.456 e. The predicted molar refractivity (Wildman–Crippen MR) is 303 cm³/mol. The van der Waals surface area contributed by atoms with Gasteiger partial charge in [0.25, 0.3) is 0 Å². The lowest BCUT2D eigenvalue weighted by Crippen LogP contribution is -2.60. The Labute approximate surface area is 422 Å². The Bertz CT molecular complexity index is 4570. The normalized spacial score (nSPS) is 22.3. The van der Waals surface area contributed by atoms with E-state index >= 15 is 0 Å². The van der Waals surface area contributed by atoms with Gasteiger partial charge in [-0.2, -0.15) is 0 Å². The number of hydrogen-bond acceptors (Lipinski definition) is 3. The summed E-state index contributed by atoms with van der Waals surface area (Å²) in [4.78, 5) is 2.67. The SMILES string of the molecule is CC1(c2ccc3c(c2)c2cc(C4(C)CC=C5CC5C4)cc4c2n3-c2cc3c(oc5ccccc53)c3c2B4N(c2ccc(-c4ccccc4)cc2)c2cc4oc5cc6ccccc6cc5c4cc2-3)CC=C2CC2C1. The van der Waals surface area contributed by atoms with Crippen LogP contribution in [0, 0.1) is 11.8 Å². The third-order valence-corrected chi connectivity index (χ3v) is 19.0. The van der Waals surface area contributed by atoms with Crippen molar-refractivity contribution in [3.8, 4) is 27.9 Å².